The number of carbonyl (C=O) groups is 2. The molecule has 0 bridgehead atoms. The summed E-state index contributed by atoms with van der Waals surface area (Å²) in [5, 5.41) is 5.50. The number of nitrogens with one attached hydrogen (secondary N) is 2. The molecule has 126 valence electrons. The molecule has 0 saturated heterocycles. The maximum atomic E-state index is 12.1. The summed E-state index contributed by atoms with van der Waals surface area (Å²) in [6, 6.07) is 14.7. The van der Waals surface area contributed by atoms with Crippen LogP contribution >= 0.6 is 0 Å². The summed E-state index contributed by atoms with van der Waals surface area (Å²) in [5.74, 6) is 0.0924. The fraction of sp³-hybridized carbons (Fsp3) is 0.263. The molecule has 2 N–H and O–H groups in total. The summed E-state index contributed by atoms with van der Waals surface area (Å²) in [5.41, 5.74) is 2.32. The molecule has 0 atom stereocenters. The monoisotopic (exact) mass is 326 g/mol. The molecule has 0 unspecified atom stereocenters. The first-order valence-electron chi connectivity index (χ1n) is 7.83. The third kappa shape index (κ3) is 4.59. The van der Waals surface area contributed by atoms with Crippen molar-refractivity contribution in [3.8, 4) is 5.75 Å². The van der Waals surface area contributed by atoms with Gasteiger partial charge in [-0.15, -0.1) is 0 Å². The van der Waals surface area contributed by atoms with Crippen LogP contribution in [0.1, 0.15) is 31.7 Å². The number of hydrogen-bond acceptors (Lipinski definition) is 3. The molecule has 2 rings (SSSR count). The first-order chi connectivity index (χ1) is 11.5. The Morgan fingerprint density at radius 3 is 2.08 bits per heavy atom. The minimum absolute atomic E-state index is 0.259. The van der Waals surface area contributed by atoms with Crippen molar-refractivity contribution < 1.29 is 14.3 Å². The molecule has 0 aliphatic heterocycles. The molecule has 5 nitrogen and oxygen atoms in total. The minimum Gasteiger partial charge on any atom is -0.495 e. The van der Waals surface area contributed by atoms with Gasteiger partial charge in [0.1, 0.15) is 12.2 Å². The summed E-state index contributed by atoms with van der Waals surface area (Å²) >= 11 is 0. The van der Waals surface area contributed by atoms with E-state index in [1.807, 2.05) is 30.3 Å². The van der Waals surface area contributed by atoms with Gasteiger partial charge in [0.05, 0.1) is 12.8 Å². The van der Waals surface area contributed by atoms with E-state index in [1.165, 1.54) is 7.11 Å². The van der Waals surface area contributed by atoms with Crippen molar-refractivity contribution in [2.75, 3.05) is 17.7 Å². The van der Waals surface area contributed by atoms with E-state index in [1.54, 1.807) is 18.2 Å². The summed E-state index contributed by atoms with van der Waals surface area (Å²) in [6.07, 6.45) is -0.259. The van der Waals surface area contributed by atoms with Gasteiger partial charge in [0.2, 0.25) is 11.8 Å². The molecule has 24 heavy (non-hydrogen) atoms. The number of rotatable bonds is 6. The predicted octanol–water partition coefficient (Wildman–Crippen LogP) is 3.79. The molecule has 0 aliphatic carbocycles. The van der Waals surface area contributed by atoms with Gasteiger partial charge in [-0.25, -0.2) is 0 Å². The molecule has 5 heteroatoms. The second kappa shape index (κ2) is 8.15. The summed E-state index contributed by atoms with van der Waals surface area (Å²) < 4.78 is 5.17. The molecule has 0 saturated carbocycles. The standard InChI is InChI=1S/C19H22N2O3/c1-13(2)14-8-4-5-9-15(14)20-18(22)12-19(23)21-16-10-6-7-11-17(16)24-3/h4-11,13H,12H2,1-3H3,(H,20,22)(H,21,23). The summed E-state index contributed by atoms with van der Waals surface area (Å²) in [4.78, 5) is 24.2. The second-order valence-corrected chi connectivity index (χ2v) is 5.72. The van der Waals surface area contributed by atoms with E-state index in [-0.39, 0.29) is 24.2 Å². The van der Waals surface area contributed by atoms with Crippen LogP contribution in [0.4, 0.5) is 11.4 Å². The minimum atomic E-state index is -0.390. The third-order valence-electron chi connectivity index (χ3n) is 3.56. The highest BCUT2D eigenvalue weighted by Gasteiger charge is 2.14. The van der Waals surface area contributed by atoms with Gasteiger partial charge in [0.15, 0.2) is 0 Å². The molecule has 0 fully saturated rings. The van der Waals surface area contributed by atoms with Gasteiger partial charge in [-0.3, -0.25) is 9.59 Å². The molecular weight excluding hydrogens is 304 g/mol. The Morgan fingerprint density at radius 1 is 0.917 bits per heavy atom. The Bertz CT molecular complexity index is 726. The lowest BCUT2D eigenvalue weighted by molar-refractivity contribution is -0.123. The number of carbonyl (C=O) groups excluding carboxylic acids is 2. The van der Waals surface area contributed by atoms with Crippen molar-refractivity contribution in [1.82, 2.24) is 0 Å². The number of methoxy groups -OCH3 is 1. The zero-order valence-electron chi connectivity index (χ0n) is 14.1. The van der Waals surface area contributed by atoms with E-state index < -0.39 is 0 Å². The lowest BCUT2D eigenvalue weighted by Crippen LogP contribution is -2.22. The van der Waals surface area contributed by atoms with E-state index in [4.69, 9.17) is 4.74 Å². The van der Waals surface area contributed by atoms with Crippen molar-refractivity contribution >= 4 is 23.2 Å². The van der Waals surface area contributed by atoms with Crippen molar-refractivity contribution in [2.45, 2.75) is 26.2 Å². The van der Waals surface area contributed by atoms with Crippen molar-refractivity contribution in [3.63, 3.8) is 0 Å². The molecule has 0 aliphatic rings. The van der Waals surface area contributed by atoms with E-state index in [0.29, 0.717) is 11.4 Å². The van der Waals surface area contributed by atoms with Crippen LogP contribution in [0.3, 0.4) is 0 Å². The summed E-state index contributed by atoms with van der Waals surface area (Å²) in [6.45, 7) is 4.11. The fourth-order valence-electron chi connectivity index (χ4n) is 2.40. The number of benzene rings is 2. The molecule has 0 spiro atoms. The van der Waals surface area contributed by atoms with E-state index in [2.05, 4.69) is 24.5 Å². The van der Waals surface area contributed by atoms with Gasteiger partial charge in [-0.1, -0.05) is 44.2 Å². The zero-order valence-corrected chi connectivity index (χ0v) is 14.1. The molecule has 0 radical (unpaired) electrons. The van der Waals surface area contributed by atoms with Gasteiger partial charge < -0.3 is 15.4 Å². The van der Waals surface area contributed by atoms with Crippen LogP contribution in [0, 0.1) is 0 Å². The third-order valence-corrected chi connectivity index (χ3v) is 3.56. The van der Waals surface area contributed by atoms with Gasteiger partial charge in [-0.2, -0.15) is 0 Å². The molecule has 0 heterocycles. The van der Waals surface area contributed by atoms with E-state index >= 15 is 0 Å². The number of anilines is 2. The Labute approximate surface area is 142 Å². The SMILES string of the molecule is COc1ccccc1NC(=O)CC(=O)Nc1ccccc1C(C)C. The second-order valence-electron chi connectivity index (χ2n) is 5.72. The van der Waals surface area contributed by atoms with Gasteiger partial charge in [-0.05, 0) is 29.7 Å². The van der Waals surface area contributed by atoms with Crippen molar-refractivity contribution in [2.24, 2.45) is 0 Å². The highest BCUT2D eigenvalue weighted by atomic mass is 16.5. The van der Waals surface area contributed by atoms with Crippen molar-refractivity contribution in [1.29, 1.82) is 0 Å². The van der Waals surface area contributed by atoms with Gasteiger partial charge in [0.25, 0.3) is 0 Å². The maximum absolute atomic E-state index is 12.1. The predicted molar refractivity (Wildman–Crippen MR) is 95.4 cm³/mol. The van der Waals surface area contributed by atoms with Crippen LogP contribution in [-0.4, -0.2) is 18.9 Å². The van der Waals surface area contributed by atoms with Crippen LogP contribution in [0.2, 0.25) is 0 Å². The largest absolute Gasteiger partial charge is 0.495 e. The Balaban J connectivity index is 1.99. The first kappa shape index (κ1) is 17.5. The number of para-hydroxylation sites is 3. The van der Waals surface area contributed by atoms with Crippen LogP contribution < -0.4 is 15.4 Å². The average Bonchev–Trinajstić information content (AvgIpc) is 2.55. The Hall–Kier alpha value is -2.82. The quantitative estimate of drug-likeness (QED) is 0.794. The maximum Gasteiger partial charge on any atom is 0.233 e. The van der Waals surface area contributed by atoms with E-state index in [9.17, 15) is 9.59 Å². The molecule has 2 aromatic carbocycles. The molecular formula is C19H22N2O3. The van der Waals surface area contributed by atoms with Crippen LogP contribution in [0.5, 0.6) is 5.75 Å². The van der Waals surface area contributed by atoms with Gasteiger partial charge in [0, 0.05) is 5.69 Å². The fourth-order valence-corrected chi connectivity index (χ4v) is 2.40. The Morgan fingerprint density at radius 2 is 1.46 bits per heavy atom. The molecule has 2 amide bonds. The van der Waals surface area contributed by atoms with Crippen LogP contribution in [-0.2, 0) is 9.59 Å². The zero-order chi connectivity index (χ0) is 17.5. The summed E-state index contributed by atoms with van der Waals surface area (Å²) in [7, 11) is 1.53. The molecule has 0 aromatic heterocycles. The van der Waals surface area contributed by atoms with Gasteiger partial charge >= 0.3 is 0 Å². The molecule has 2 aromatic rings. The average molecular weight is 326 g/mol. The topological polar surface area (TPSA) is 67.4 Å². The highest BCUT2D eigenvalue weighted by molar-refractivity contribution is 6.08. The number of ether oxygens (including phenoxy) is 1. The number of amides is 2. The first-order valence-corrected chi connectivity index (χ1v) is 7.83. The Kier molecular flexibility index (Phi) is 5.95. The normalized spacial score (nSPS) is 10.3. The number of hydrogen-bond donors (Lipinski definition) is 2. The van der Waals surface area contributed by atoms with Crippen LogP contribution in [0.15, 0.2) is 48.5 Å². The van der Waals surface area contributed by atoms with Crippen molar-refractivity contribution in [3.05, 3.63) is 54.1 Å². The lowest BCUT2D eigenvalue weighted by Gasteiger charge is -2.14. The van der Waals surface area contributed by atoms with E-state index in [0.717, 1.165) is 11.3 Å². The smallest absolute Gasteiger partial charge is 0.233 e. The van der Waals surface area contributed by atoms with Crippen LogP contribution in [0.25, 0.3) is 0 Å². The lowest BCUT2D eigenvalue weighted by atomic mass is 10.0. The highest BCUT2D eigenvalue weighted by Crippen LogP contribution is 2.24.